The first-order chi connectivity index (χ1) is 8.27. The van der Waals surface area contributed by atoms with E-state index in [0.29, 0.717) is 10.2 Å². The molecule has 0 aromatic heterocycles. The fraction of sp³-hybridized carbons (Fsp3) is 0. The van der Waals surface area contributed by atoms with Crippen LogP contribution in [0, 0.1) is 0 Å². The van der Waals surface area contributed by atoms with Crippen LogP contribution in [0.3, 0.4) is 0 Å². The lowest BCUT2D eigenvalue weighted by molar-refractivity contribution is 1.34. The number of benzene rings is 2. The van der Waals surface area contributed by atoms with E-state index >= 15 is 0 Å². The molecule has 2 aromatic rings. The summed E-state index contributed by atoms with van der Waals surface area (Å²) in [5.41, 5.74) is 4.42. The van der Waals surface area contributed by atoms with Gasteiger partial charge < -0.3 is 0 Å². The van der Waals surface area contributed by atoms with Crippen molar-refractivity contribution in [3.05, 3.63) is 65.2 Å². The number of hydrogen-bond acceptors (Lipinski definition) is 2. The Balaban J connectivity index is 2.14. The van der Waals surface area contributed by atoms with Crippen molar-refractivity contribution in [3.8, 4) is 0 Å². The molecule has 0 amide bonds. The molecule has 0 bridgehead atoms. The Kier molecular flexibility index (Phi) is 4.02. The molecule has 0 unspecified atom stereocenters. The van der Waals surface area contributed by atoms with Crippen LogP contribution in [0.1, 0.15) is 5.56 Å². The van der Waals surface area contributed by atoms with Crippen molar-refractivity contribution >= 4 is 34.1 Å². The van der Waals surface area contributed by atoms with E-state index in [1.165, 1.54) is 0 Å². The topological polar surface area (TPSA) is 24.4 Å². The SMILES string of the molecule is ClC(=NNc1ccccc1Cl)c1ccccc1. The van der Waals surface area contributed by atoms with Crippen molar-refractivity contribution in [2.24, 2.45) is 5.10 Å². The van der Waals surface area contributed by atoms with Crippen molar-refractivity contribution in [3.63, 3.8) is 0 Å². The summed E-state index contributed by atoms with van der Waals surface area (Å²) in [7, 11) is 0. The number of nitrogens with one attached hydrogen (secondary N) is 1. The van der Waals surface area contributed by atoms with Crippen molar-refractivity contribution in [1.82, 2.24) is 0 Å². The fourth-order valence-electron chi connectivity index (χ4n) is 1.30. The third kappa shape index (κ3) is 3.22. The van der Waals surface area contributed by atoms with E-state index in [1.54, 1.807) is 6.07 Å². The van der Waals surface area contributed by atoms with E-state index < -0.39 is 0 Å². The van der Waals surface area contributed by atoms with Gasteiger partial charge in [0.25, 0.3) is 0 Å². The maximum atomic E-state index is 6.05. The van der Waals surface area contributed by atoms with Crippen LogP contribution in [0.25, 0.3) is 0 Å². The Morgan fingerprint density at radius 3 is 2.29 bits per heavy atom. The molecule has 1 N–H and O–H groups in total. The van der Waals surface area contributed by atoms with Gasteiger partial charge in [0, 0.05) is 5.56 Å². The van der Waals surface area contributed by atoms with Crippen LogP contribution < -0.4 is 5.43 Å². The molecule has 2 aromatic carbocycles. The third-order valence-electron chi connectivity index (χ3n) is 2.16. The standard InChI is InChI=1S/C13H10Cl2N2/c14-11-8-4-5-9-12(11)16-17-13(15)10-6-2-1-3-7-10/h1-9,16H. The van der Waals surface area contributed by atoms with Crippen LogP contribution in [-0.4, -0.2) is 5.17 Å². The predicted molar refractivity (Wildman–Crippen MR) is 73.9 cm³/mol. The van der Waals surface area contributed by atoms with Gasteiger partial charge in [0.1, 0.15) is 0 Å². The minimum atomic E-state index is 0.394. The monoisotopic (exact) mass is 264 g/mol. The van der Waals surface area contributed by atoms with Crippen molar-refractivity contribution in [2.75, 3.05) is 5.43 Å². The number of para-hydroxylation sites is 1. The number of hydrazone groups is 1. The molecule has 0 aliphatic carbocycles. The summed E-state index contributed by atoms with van der Waals surface area (Å²) < 4.78 is 0. The molecule has 86 valence electrons. The molecule has 0 atom stereocenters. The van der Waals surface area contributed by atoms with Crippen molar-refractivity contribution in [2.45, 2.75) is 0 Å². The Morgan fingerprint density at radius 1 is 0.941 bits per heavy atom. The molecule has 0 fully saturated rings. The van der Waals surface area contributed by atoms with Crippen LogP contribution in [0.4, 0.5) is 5.69 Å². The van der Waals surface area contributed by atoms with Crippen molar-refractivity contribution < 1.29 is 0 Å². The maximum absolute atomic E-state index is 6.05. The Bertz CT molecular complexity index is 524. The second-order valence-corrected chi connectivity index (χ2v) is 4.13. The van der Waals surface area contributed by atoms with Crippen molar-refractivity contribution in [1.29, 1.82) is 0 Å². The summed E-state index contributed by atoms with van der Waals surface area (Å²) in [6, 6.07) is 16.9. The summed E-state index contributed by atoms with van der Waals surface area (Å²) >= 11 is 12.0. The molecule has 0 saturated carbocycles. The quantitative estimate of drug-likeness (QED) is 0.647. The summed E-state index contributed by atoms with van der Waals surface area (Å²) in [6.45, 7) is 0. The molecule has 0 aliphatic rings. The van der Waals surface area contributed by atoms with Crippen LogP contribution in [0.5, 0.6) is 0 Å². The second-order valence-electron chi connectivity index (χ2n) is 3.36. The molecule has 4 heteroatoms. The van der Waals surface area contributed by atoms with E-state index in [1.807, 2.05) is 48.5 Å². The Morgan fingerprint density at radius 2 is 1.59 bits per heavy atom. The molecule has 0 saturated heterocycles. The summed E-state index contributed by atoms with van der Waals surface area (Å²) in [5, 5.41) is 5.07. The first-order valence-corrected chi connectivity index (χ1v) is 5.82. The first kappa shape index (κ1) is 12.0. The van der Waals surface area contributed by atoms with Gasteiger partial charge in [-0.1, -0.05) is 65.7 Å². The van der Waals surface area contributed by atoms with E-state index in [2.05, 4.69) is 10.5 Å². The van der Waals surface area contributed by atoms with Crippen LogP contribution in [0.15, 0.2) is 59.7 Å². The summed E-state index contributed by atoms with van der Waals surface area (Å²) in [6.07, 6.45) is 0. The third-order valence-corrected chi connectivity index (χ3v) is 2.79. The van der Waals surface area contributed by atoms with Gasteiger partial charge in [0.15, 0.2) is 5.17 Å². The molecule has 2 nitrogen and oxygen atoms in total. The molecule has 17 heavy (non-hydrogen) atoms. The summed E-state index contributed by atoms with van der Waals surface area (Å²) in [4.78, 5) is 0. The van der Waals surface area contributed by atoms with Crippen LogP contribution in [0.2, 0.25) is 5.02 Å². The van der Waals surface area contributed by atoms with E-state index in [9.17, 15) is 0 Å². The van der Waals surface area contributed by atoms with Crippen LogP contribution >= 0.6 is 23.2 Å². The number of rotatable bonds is 3. The average molecular weight is 265 g/mol. The van der Waals surface area contributed by atoms with E-state index in [0.717, 1.165) is 11.3 Å². The van der Waals surface area contributed by atoms with E-state index in [-0.39, 0.29) is 0 Å². The van der Waals surface area contributed by atoms with Gasteiger partial charge in [-0.05, 0) is 12.1 Å². The van der Waals surface area contributed by atoms with Gasteiger partial charge >= 0.3 is 0 Å². The number of halogens is 2. The molecular formula is C13H10Cl2N2. The molecular weight excluding hydrogens is 255 g/mol. The highest BCUT2D eigenvalue weighted by Crippen LogP contribution is 2.20. The normalized spacial score (nSPS) is 11.3. The Labute approximate surface area is 110 Å². The largest absolute Gasteiger partial charge is 0.276 e. The number of nitrogens with zero attached hydrogens (tertiary/aromatic N) is 1. The number of hydrogen-bond donors (Lipinski definition) is 1. The van der Waals surface area contributed by atoms with Gasteiger partial charge in [-0.25, -0.2) is 0 Å². The zero-order chi connectivity index (χ0) is 12.1. The fourth-order valence-corrected chi connectivity index (χ4v) is 1.65. The molecule has 0 radical (unpaired) electrons. The molecule has 2 rings (SSSR count). The minimum Gasteiger partial charge on any atom is -0.276 e. The lowest BCUT2D eigenvalue weighted by Crippen LogP contribution is -1.97. The zero-order valence-corrected chi connectivity index (χ0v) is 10.4. The maximum Gasteiger partial charge on any atom is 0.156 e. The second kappa shape index (κ2) is 5.71. The average Bonchev–Trinajstić information content (AvgIpc) is 2.38. The molecule has 0 spiro atoms. The van der Waals surface area contributed by atoms with Gasteiger partial charge in [0.05, 0.1) is 10.7 Å². The van der Waals surface area contributed by atoms with E-state index in [4.69, 9.17) is 23.2 Å². The zero-order valence-electron chi connectivity index (χ0n) is 8.90. The predicted octanol–water partition coefficient (Wildman–Crippen LogP) is 4.35. The molecule has 0 heterocycles. The highest BCUT2D eigenvalue weighted by Gasteiger charge is 2.00. The van der Waals surface area contributed by atoms with Crippen LogP contribution in [-0.2, 0) is 0 Å². The van der Waals surface area contributed by atoms with Gasteiger partial charge in [-0.15, -0.1) is 0 Å². The Hall–Kier alpha value is -1.51. The first-order valence-electron chi connectivity index (χ1n) is 5.06. The highest BCUT2D eigenvalue weighted by molar-refractivity contribution is 6.69. The minimum absolute atomic E-state index is 0.394. The van der Waals surface area contributed by atoms with Gasteiger partial charge in [-0.2, -0.15) is 5.10 Å². The lowest BCUT2D eigenvalue weighted by atomic mass is 10.2. The summed E-state index contributed by atoms with van der Waals surface area (Å²) in [5.74, 6) is 0. The smallest absolute Gasteiger partial charge is 0.156 e. The van der Waals surface area contributed by atoms with Gasteiger partial charge in [0.2, 0.25) is 0 Å². The number of anilines is 1. The lowest BCUT2D eigenvalue weighted by Gasteiger charge is -2.03. The van der Waals surface area contributed by atoms with Gasteiger partial charge in [-0.3, -0.25) is 5.43 Å². The highest BCUT2D eigenvalue weighted by atomic mass is 35.5. The molecule has 0 aliphatic heterocycles.